The van der Waals surface area contributed by atoms with Crippen LogP contribution in [-0.2, 0) is 0 Å². The molecule has 0 saturated carbocycles. The highest BCUT2D eigenvalue weighted by Crippen LogP contribution is 2.29. The van der Waals surface area contributed by atoms with Crippen LogP contribution in [0.15, 0.2) is 44.5 Å². The lowest BCUT2D eigenvalue weighted by Gasteiger charge is -2.02. The van der Waals surface area contributed by atoms with Crippen LogP contribution in [0, 0.1) is 0 Å². The van der Waals surface area contributed by atoms with Gasteiger partial charge >= 0.3 is 11.2 Å². The highest BCUT2D eigenvalue weighted by Gasteiger charge is 2.15. The van der Waals surface area contributed by atoms with Crippen molar-refractivity contribution in [3.8, 4) is 16.9 Å². The smallest absolute Gasteiger partial charge is 0.362 e. The lowest BCUT2D eigenvalue weighted by atomic mass is 10.1. The fourth-order valence-electron chi connectivity index (χ4n) is 1.99. The predicted molar refractivity (Wildman–Crippen MR) is 70.3 cm³/mol. The van der Waals surface area contributed by atoms with E-state index in [0.717, 1.165) is 0 Å². The SMILES string of the molecule is COc1cccc(-c2coc3c(=O)n(O)c(=O)[nH]c23)c1. The van der Waals surface area contributed by atoms with Gasteiger partial charge in [-0.25, -0.2) is 4.79 Å². The van der Waals surface area contributed by atoms with E-state index in [0.29, 0.717) is 16.9 Å². The molecule has 2 heterocycles. The third-order valence-electron chi connectivity index (χ3n) is 2.98. The molecule has 0 radical (unpaired) electrons. The number of hydrogen-bond acceptors (Lipinski definition) is 5. The predicted octanol–water partition coefficient (Wildman–Crippen LogP) is 1.20. The summed E-state index contributed by atoms with van der Waals surface area (Å²) in [7, 11) is 1.54. The van der Waals surface area contributed by atoms with Crippen molar-refractivity contribution in [3.63, 3.8) is 0 Å². The van der Waals surface area contributed by atoms with Gasteiger partial charge in [-0.05, 0) is 17.7 Å². The van der Waals surface area contributed by atoms with Gasteiger partial charge in [-0.3, -0.25) is 4.79 Å². The second-order valence-electron chi connectivity index (χ2n) is 4.13. The monoisotopic (exact) mass is 274 g/mol. The van der Waals surface area contributed by atoms with Crippen LogP contribution in [-0.4, -0.2) is 22.0 Å². The Morgan fingerprint density at radius 3 is 2.90 bits per heavy atom. The van der Waals surface area contributed by atoms with Gasteiger partial charge in [0.05, 0.1) is 7.11 Å². The Bertz CT molecular complexity index is 903. The normalized spacial score (nSPS) is 10.8. The molecule has 0 spiro atoms. The number of fused-ring (bicyclic) bond motifs is 1. The Balaban J connectivity index is 2.33. The zero-order valence-electron chi connectivity index (χ0n) is 10.4. The lowest BCUT2D eigenvalue weighted by molar-refractivity contribution is 0.161. The molecule has 102 valence electrons. The number of benzene rings is 1. The summed E-state index contributed by atoms with van der Waals surface area (Å²) in [5.41, 5.74) is -0.461. The first-order valence-electron chi connectivity index (χ1n) is 5.72. The number of hydrogen-bond donors (Lipinski definition) is 2. The molecule has 1 aromatic carbocycles. The summed E-state index contributed by atoms with van der Waals surface area (Å²) in [5, 5.41) is 9.25. The first-order chi connectivity index (χ1) is 9.61. The van der Waals surface area contributed by atoms with Gasteiger partial charge in [0.1, 0.15) is 17.5 Å². The number of rotatable bonds is 2. The molecule has 7 heteroatoms. The van der Waals surface area contributed by atoms with Crippen molar-refractivity contribution in [1.82, 2.24) is 9.71 Å². The molecule has 0 fully saturated rings. The molecular weight excluding hydrogens is 264 g/mol. The molecule has 0 unspecified atom stereocenters. The van der Waals surface area contributed by atoms with Gasteiger partial charge in [-0.2, -0.15) is 0 Å². The van der Waals surface area contributed by atoms with Crippen molar-refractivity contribution in [2.45, 2.75) is 0 Å². The molecule has 3 rings (SSSR count). The molecule has 20 heavy (non-hydrogen) atoms. The minimum atomic E-state index is -0.923. The summed E-state index contributed by atoms with van der Waals surface area (Å²) in [4.78, 5) is 25.5. The molecular formula is C13H10N2O5. The number of nitrogens with one attached hydrogen (secondary N) is 1. The van der Waals surface area contributed by atoms with Crippen molar-refractivity contribution >= 4 is 11.1 Å². The van der Waals surface area contributed by atoms with Gasteiger partial charge in [-0.15, -0.1) is 0 Å². The number of H-pyrrole nitrogens is 1. The first kappa shape index (κ1) is 12.1. The maximum Gasteiger partial charge on any atom is 0.362 e. The van der Waals surface area contributed by atoms with E-state index in [1.807, 2.05) is 0 Å². The first-order valence-corrected chi connectivity index (χ1v) is 5.72. The molecule has 7 nitrogen and oxygen atoms in total. The average molecular weight is 274 g/mol. The zero-order valence-corrected chi connectivity index (χ0v) is 10.4. The standard InChI is InChI=1S/C13H10N2O5/c1-19-8-4-2-3-7(5-8)9-6-20-11-10(9)14-13(17)15(18)12(11)16/h2-6,18H,1H3,(H,14,17). The molecule has 0 bridgehead atoms. The minimum absolute atomic E-state index is 0.0266. The molecule has 2 N–H and O–H groups in total. The van der Waals surface area contributed by atoms with Crippen LogP contribution >= 0.6 is 0 Å². The Labute approximate surface area is 111 Å². The Hall–Kier alpha value is -2.96. The quantitative estimate of drug-likeness (QED) is 0.684. The molecule has 0 atom stereocenters. The van der Waals surface area contributed by atoms with Gasteiger partial charge in [-0.1, -0.05) is 16.9 Å². The van der Waals surface area contributed by atoms with Crippen LogP contribution < -0.4 is 16.0 Å². The second kappa shape index (κ2) is 4.30. The van der Waals surface area contributed by atoms with E-state index in [-0.39, 0.29) is 15.8 Å². The van der Waals surface area contributed by atoms with Gasteiger partial charge in [0.25, 0.3) is 0 Å². The zero-order chi connectivity index (χ0) is 14.3. The summed E-state index contributed by atoms with van der Waals surface area (Å²) in [6, 6.07) is 7.08. The number of aromatic amines is 1. The van der Waals surface area contributed by atoms with Crippen LogP contribution in [0.2, 0.25) is 0 Å². The van der Waals surface area contributed by atoms with E-state index < -0.39 is 11.2 Å². The van der Waals surface area contributed by atoms with E-state index in [4.69, 9.17) is 9.15 Å². The Kier molecular flexibility index (Phi) is 2.60. The van der Waals surface area contributed by atoms with Gasteiger partial charge in [0, 0.05) is 5.56 Å². The summed E-state index contributed by atoms with van der Waals surface area (Å²) in [5.74, 6) is 0.634. The van der Waals surface area contributed by atoms with Gasteiger partial charge in [0.2, 0.25) is 5.58 Å². The Morgan fingerprint density at radius 2 is 2.15 bits per heavy atom. The van der Waals surface area contributed by atoms with Crippen LogP contribution in [0.1, 0.15) is 0 Å². The number of ether oxygens (including phenoxy) is 1. The van der Waals surface area contributed by atoms with E-state index in [2.05, 4.69) is 4.98 Å². The third-order valence-corrected chi connectivity index (χ3v) is 2.98. The topological polar surface area (TPSA) is 97.5 Å². The van der Waals surface area contributed by atoms with Crippen LogP contribution in [0.4, 0.5) is 0 Å². The van der Waals surface area contributed by atoms with Gasteiger partial charge in [0.15, 0.2) is 0 Å². The van der Waals surface area contributed by atoms with Crippen molar-refractivity contribution in [2.24, 2.45) is 0 Å². The van der Waals surface area contributed by atoms with E-state index >= 15 is 0 Å². The maximum absolute atomic E-state index is 11.7. The van der Waals surface area contributed by atoms with E-state index in [1.165, 1.54) is 6.26 Å². The van der Waals surface area contributed by atoms with Crippen molar-refractivity contribution in [2.75, 3.05) is 7.11 Å². The number of methoxy groups -OCH3 is 1. The highest BCUT2D eigenvalue weighted by atomic mass is 16.5. The summed E-state index contributed by atoms with van der Waals surface area (Å²) < 4.78 is 10.2. The summed E-state index contributed by atoms with van der Waals surface area (Å²) >= 11 is 0. The summed E-state index contributed by atoms with van der Waals surface area (Å²) in [6.45, 7) is 0. The third kappa shape index (κ3) is 1.68. The number of nitrogens with zero attached hydrogens (tertiary/aromatic N) is 1. The van der Waals surface area contributed by atoms with E-state index in [1.54, 1.807) is 31.4 Å². The largest absolute Gasteiger partial charge is 0.497 e. The molecule has 0 aliphatic heterocycles. The molecule has 0 saturated heterocycles. The lowest BCUT2D eigenvalue weighted by Crippen LogP contribution is -2.32. The summed E-state index contributed by atoms with van der Waals surface area (Å²) in [6.07, 6.45) is 1.34. The molecule has 2 aromatic heterocycles. The van der Waals surface area contributed by atoms with Crippen LogP contribution in [0.5, 0.6) is 5.75 Å². The molecule has 0 aliphatic carbocycles. The minimum Gasteiger partial charge on any atom is -0.497 e. The van der Waals surface area contributed by atoms with E-state index in [9.17, 15) is 14.8 Å². The molecule has 3 aromatic rings. The van der Waals surface area contributed by atoms with Gasteiger partial charge < -0.3 is 19.3 Å². The van der Waals surface area contributed by atoms with Crippen LogP contribution in [0.3, 0.4) is 0 Å². The fourth-order valence-corrected chi connectivity index (χ4v) is 1.99. The number of aromatic nitrogens is 2. The second-order valence-corrected chi connectivity index (χ2v) is 4.13. The molecule has 0 amide bonds. The van der Waals surface area contributed by atoms with Crippen molar-refractivity contribution in [1.29, 1.82) is 0 Å². The highest BCUT2D eigenvalue weighted by molar-refractivity contribution is 5.90. The average Bonchev–Trinajstić information content (AvgIpc) is 2.88. The van der Waals surface area contributed by atoms with Crippen molar-refractivity contribution < 1.29 is 14.4 Å². The fraction of sp³-hybridized carbons (Fsp3) is 0.0769. The maximum atomic E-state index is 11.7. The van der Waals surface area contributed by atoms with Crippen LogP contribution in [0.25, 0.3) is 22.2 Å². The molecule has 0 aliphatic rings. The Morgan fingerprint density at radius 1 is 1.35 bits per heavy atom. The number of furan rings is 1. The van der Waals surface area contributed by atoms with Crippen molar-refractivity contribution in [3.05, 3.63) is 51.4 Å².